The molecule has 1 atom stereocenters. The van der Waals surface area contributed by atoms with Crippen LogP contribution in [0.2, 0.25) is 0 Å². The van der Waals surface area contributed by atoms with Gasteiger partial charge in [0.05, 0.1) is 0 Å². The van der Waals surface area contributed by atoms with Crippen LogP contribution < -0.4 is 17.2 Å². The maximum atomic E-state index is 10.8. The molecule has 0 saturated carbocycles. The second-order valence-electron chi connectivity index (χ2n) is 2.98. The van der Waals surface area contributed by atoms with Gasteiger partial charge in [-0.25, -0.2) is 0 Å². The predicted octanol–water partition coefficient (Wildman–Crippen LogP) is -0.550. The maximum Gasteiger partial charge on any atom is 0.248 e. The zero-order chi connectivity index (χ0) is 10.7. The largest absolute Gasteiger partial charge is 0.508 e. The molecule has 0 aliphatic rings. The number of carbonyl (C=O) groups is 1. The minimum atomic E-state index is -0.560. The van der Waals surface area contributed by atoms with Crippen molar-refractivity contribution in [1.29, 1.82) is 0 Å². The molecule has 0 unspecified atom stereocenters. The van der Waals surface area contributed by atoms with Crippen molar-refractivity contribution in [2.45, 2.75) is 6.04 Å². The van der Waals surface area contributed by atoms with Crippen LogP contribution in [-0.2, 0) is 0 Å². The van der Waals surface area contributed by atoms with E-state index in [0.717, 1.165) is 0 Å². The van der Waals surface area contributed by atoms with Crippen LogP contribution in [0.15, 0.2) is 18.2 Å². The van der Waals surface area contributed by atoms with Crippen LogP contribution in [0.5, 0.6) is 5.75 Å². The highest BCUT2D eigenvalue weighted by molar-refractivity contribution is 5.93. The molecule has 5 heteroatoms. The third-order valence-electron chi connectivity index (χ3n) is 1.97. The molecule has 0 aliphatic carbocycles. The van der Waals surface area contributed by atoms with Gasteiger partial charge < -0.3 is 22.3 Å². The minimum Gasteiger partial charge on any atom is -0.508 e. The van der Waals surface area contributed by atoms with Gasteiger partial charge in [0.15, 0.2) is 0 Å². The number of rotatable bonds is 3. The van der Waals surface area contributed by atoms with E-state index in [0.29, 0.717) is 11.1 Å². The lowest BCUT2D eigenvalue weighted by molar-refractivity contribution is 0.1000. The predicted molar refractivity (Wildman–Crippen MR) is 52.6 cm³/mol. The third kappa shape index (κ3) is 2.01. The number of carbonyl (C=O) groups excluding carboxylic acids is 1. The van der Waals surface area contributed by atoms with Crippen LogP contribution in [0.1, 0.15) is 22.0 Å². The first-order valence-electron chi connectivity index (χ1n) is 4.14. The number of hydrogen-bond acceptors (Lipinski definition) is 4. The fourth-order valence-corrected chi connectivity index (χ4v) is 1.13. The van der Waals surface area contributed by atoms with E-state index in [-0.39, 0.29) is 12.3 Å². The van der Waals surface area contributed by atoms with Gasteiger partial charge in [-0.3, -0.25) is 4.79 Å². The third-order valence-corrected chi connectivity index (χ3v) is 1.97. The van der Waals surface area contributed by atoms with Crippen molar-refractivity contribution < 1.29 is 9.90 Å². The maximum absolute atomic E-state index is 10.8. The van der Waals surface area contributed by atoms with Gasteiger partial charge in [-0.05, 0) is 18.2 Å². The molecule has 5 nitrogen and oxygen atoms in total. The molecule has 14 heavy (non-hydrogen) atoms. The minimum absolute atomic E-state index is 0.0213. The SMILES string of the molecule is NC[C@H](N)c1cc(C(N)=O)ccc1O. The van der Waals surface area contributed by atoms with E-state index in [1.807, 2.05) is 0 Å². The van der Waals surface area contributed by atoms with Crippen LogP contribution >= 0.6 is 0 Å². The van der Waals surface area contributed by atoms with Crippen LogP contribution in [0.25, 0.3) is 0 Å². The van der Waals surface area contributed by atoms with Crippen molar-refractivity contribution >= 4 is 5.91 Å². The summed E-state index contributed by atoms with van der Waals surface area (Å²) < 4.78 is 0. The number of phenolic OH excluding ortho intramolecular Hbond substituents is 1. The van der Waals surface area contributed by atoms with E-state index in [2.05, 4.69) is 0 Å². The van der Waals surface area contributed by atoms with E-state index in [1.165, 1.54) is 18.2 Å². The van der Waals surface area contributed by atoms with Crippen molar-refractivity contribution in [3.8, 4) is 5.75 Å². The van der Waals surface area contributed by atoms with Crippen LogP contribution in [0.3, 0.4) is 0 Å². The Hall–Kier alpha value is -1.59. The number of nitrogens with two attached hydrogens (primary N) is 3. The number of phenols is 1. The summed E-state index contributed by atoms with van der Waals surface area (Å²) in [6.45, 7) is 0.190. The Kier molecular flexibility index (Phi) is 3.06. The molecule has 0 fully saturated rings. The molecule has 0 saturated heterocycles. The number of aromatic hydroxyl groups is 1. The number of primary amides is 1. The summed E-state index contributed by atoms with van der Waals surface area (Å²) >= 11 is 0. The summed E-state index contributed by atoms with van der Waals surface area (Å²) in [7, 11) is 0. The Morgan fingerprint density at radius 3 is 2.64 bits per heavy atom. The Balaban J connectivity index is 3.14. The van der Waals surface area contributed by atoms with Gasteiger partial charge in [0.25, 0.3) is 0 Å². The van der Waals surface area contributed by atoms with Crippen LogP contribution in [-0.4, -0.2) is 17.6 Å². The number of benzene rings is 1. The molecule has 76 valence electrons. The van der Waals surface area contributed by atoms with E-state index in [1.54, 1.807) is 0 Å². The Morgan fingerprint density at radius 2 is 2.14 bits per heavy atom. The molecule has 0 bridgehead atoms. The lowest BCUT2D eigenvalue weighted by atomic mass is 10.0. The smallest absolute Gasteiger partial charge is 0.248 e. The van der Waals surface area contributed by atoms with Crippen molar-refractivity contribution in [3.63, 3.8) is 0 Å². The van der Waals surface area contributed by atoms with Gasteiger partial charge in [-0.2, -0.15) is 0 Å². The zero-order valence-corrected chi connectivity index (χ0v) is 7.60. The molecule has 1 rings (SSSR count). The summed E-state index contributed by atoms with van der Waals surface area (Å²) in [6.07, 6.45) is 0. The fourth-order valence-electron chi connectivity index (χ4n) is 1.13. The molecule has 0 heterocycles. The van der Waals surface area contributed by atoms with Gasteiger partial charge in [-0.15, -0.1) is 0 Å². The van der Waals surface area contributed by atoms with E-state index in [9.17, 15) is 9.90 Å². The summed E-state index contributed by atoms with van der Waals surface area (Å²) in [5, 5.41) is 9.43. The van der Waals surface area contributed by atoms with Gasteiger partial charge >= 0.3 is 0 Å². The van der Waals surface area contributed by atoms with Gasteiger partial charge in [0, 0.05) is 23.7 Å². The summed E-state index contributed by atoms with van der Waals surface area (Å²) in [5.41, 5.74) is 16.8. The van der Waals surface area contributed by atoms with E-state index < -0.39 is 11.9 Å². The lowest BCUT2D eigenvalue weighted by Crippen LogP contribution is -2.21. The molecular formula is C9H13N3O2. The summed E-state index contributed by atoms with van der Waals surface area (Å²) in [4.78, 5) is 10.8. The first-order chi connectivity index (χ1) is 6.56. The molecule has 0 aliphatic heterocycles. The van der Waals surface area contributed by atoms with E-state index in [4.69, 9.17) is 17.2 Å². The second kappa shape index (κ2) is 4.08. The normalized spacial score (nSPS) is 12.4. The lowest BCUT2D eigenvalue weighted by Gasteiger charge is -2.11. The highest BCUT2D eigenvalue weighted by Crippen LogP contribution is 2.23. The molecular weight excluding hydrogens is 182 g/mol. The quantitative estimate of drug-likeness (QED) is 0.517. The average molecular weight is 195 g/mol. The Labute approximate surface area is 81.5 Å². The summed E-state index contributed by atoms with van der Waals surface area (Å²) in [6, 6.07) is 3.78. The Bertz CT molecular complexity index is 352. The summed E-state index contributed by atoms with van der Waals surface area (Å²) in [5.74, 6) is -0.538. The van der Waals surface area contributed by atoms with Gasteiger partial charge in [0.2, 0.25) is 5.91 Å². The molecule has 0 spiro atoms. The van der Waals surface area contributed by atoms with Crippen molar-refractivity contribution in [1.82, 2.24) is 0 Å². The topological polar surface area (TPSA) is 115 Å². The van der Waals surface area contributed by atoms with Gasteiger partial charge in [0.1, 0.15) is 5.75 Å². The molecule has 1 aromatic carbocycles. The van der Waals surface area contributed by atoms with Crippen molar-refractivity contribution in [2.24, 2.45) is 17.2 Å². The molecule has 7 N–H and O–H groups in total. The monoisotopic (exact) mass is 195 g/mol. The number of amides is 1. The highest BCUT2D eigenvalue weighted by Gasteiger charge is 2.11. The van der Waals surface area contributed by atoms with Crippen molar-refractivity contribution in [3.05, 3.63) is 29.3 Å². The fraction of sp³-hybridized carbons (Fsp3) is 0.222. The molecule has 1 aromatic rings. The van der Waals surface area contributed by atoms with Crippen LogP contribution in [0.4, 0.5) is 0 Å². The standard InChI is InChI=1S/C9H13N3O2/c10-4-7(11)6-3-5(9(12)14)1-2-8(6)13/h1-3,7,13H,4,10-11H2,(H2,12,14)/t7-/m0/s1. The number of hydrogen-bond donors (Lipinski definition) is 4. The van der Waals surface area contributed by atoms with E-state index >= 15 is 0 Å². The average Bonchev–Trinajstić information content (AvgIpc) is 2.17. The highest BCUT2D eigenvalue weighted by atomic mass is 16.3. The first-order valence-corrected chi connectivity index (χ1v) is 4.14. The zero-order valence-electron chi connectivity index (χ0n) is 7.60. The molecule has 0 radical (unpaired) electrons. The van der Waals surface area contributed by atoms with Crippen molar-refractivity contribution in [2.75, 3.05) is 6.54 Å². The molecule has 0 aromatic heterocycles. The molecule has 1 amide bonds. The first kappa shape index (κ1) is 10.5. The van der Waals surface area contributed by atoms with Gasteiger partial charge in [-0.1, -0.05) is 0 Å². The van der Waals surface area contributed by atoms with Crippen LogP contribution in [0, 0.1) is 0 Å². The second-order valence-corrected chi connectivity index (χ2v) is 2.98. The Morgan fingerprint density at radius 1 is 1.50 bits per heavy atom.